The van der Waals surface area contributed by atoms with E-state index >= 15 is 0 Å². The van der Waals surface area contributed by atoms with Gasteiger partial charge in [0.15, 0.2) is 0 Å². The van der Waals surface area contributed by atoms with Crippen LogP contribution in [0, 0.1) is 15.9 Å². The van der Waals surface area contributed by atoms with E-state index in [0.717, 1.165) is 18.2 Å². The van der Waals surface area contributed by atoms with Gasteiger partial charge in [-0.05, 0) is 18.2 Å². The number of hydrogen-bond donors (Lipinski definition) is 1. The highest BCUT2D eigenvalue weighted by molar-refractivity contribution is 6.36. The predicted molar refractivity (Wildman–Crippen MR) is 84.0 cm³/mol. The molecule has 0 aliphatic rings. The first-order valence-electron chi connectivity index (χ1n) is 6.11. The third-order valence-corrected chi connectivity index (χ3v) is 3.37. The minimum atomic E-state index is -0.823. The van der Waals surface area contributed by atoms with E-state index in [-0.39, 0.29) is 32.7 Å². The van der Waals surface area contributed by atoms with Gasteiger partial charge in [0.1, 0.15) is 11.6 Å². The molecule has 0 bridgehead atoms. The summed E-state index contributed by atoms with van der Waals surface area (Å²) in [6, 6.07) is 5.45. The monoisotopic (exact) mass is 358 g/mol. The Morgan fingerprint density at radius 2 is 2.00 bits per heavy atom. The second-order valence-electron chi connectivity index (χ2n) is 4.34. The van der Waals surface area contributed by atoms with Crippen molar-refractivity contribution < 1.29 is 18.8 Å². The quantitative estimate of drug-likeness (QED) is 0.652. The van der Waals surface area contributed by atoms with Crippen molar-refractivity contribution in [2.24, 2.45) is 0 Å². The largest absolute Gasteiger partial charge is 0.494 e. The van der Waals surface area contributed by atoms with E-state index in [9.17, 15) is 19.3 Å². The molecule has 0 aromatic heterocycles. The van der Waals surface area contributed by atoms with Gasteiger partial charge in [0.05, 0.1) is 28.3 Å². The number of nitrogens with one attached hydrogen (secondary N) is 1. The lowest BCUT2D eigenvalue weighted by Crippen LogP contribution is -2.14. The number of anilines is 1. The van der Waals surface area contributed by atoms with Gasteiger partial charge in [-0.3, -0.25) is 14.9 Å². The van der Waals surface area contributed by atoms with Crippen molar-refractivity contribution in [3.63, 3.8) is 0 Å². The number of ether oxygens (including phenoxy) is 1. The number of nitrogens with zero attached hydrogens (tertiary/aromatic N) is 1. The van der Waals surface area contributed by atoms with Gasteiger partial charge >= 0.3 is 0 Å². The first kappa shape index (κ1) is 17.0. The summed E-state index contributed by atoms with van der Waals surface area (Å²) in [4.78, 5) is 22.3. The molecule has 0 atom stereocenters. The van der Waals surface area contributed by atoms with E-state index in [4.69, 9.17) is 27.9 Å². The topological polar surface area (TPSA) is 81.5 Å². The molecule has 0 saturated heterocycles. The zero-order chi connectivity index (χ0) is 17.1. The number of carbonyl (C=O) groups excluding carboxylic acids is 1. The van der Waals surface area contributed by atoms with E-state index in [1.807, 2.05) is 0 Å². The molecular formula is C14H9Cl2FN2O4. The SMILES string of the molecule is COc1c(Cl)cc(Cl)cc1C(=O)Nc1cc([N+](=O)[O-])ccc1F. The number of methoxy groups -OCH3 is 1. The Kier molecular flexibility index (Phi) is 5.02. The fourth-order valence-electron chi connectivity index (χ4n) is 1.85. The Bertz CT molecular complexity index is 799. The van der Waals surface area contributed by atoms with Crippen LogP contribution in [0.4, 0.5) is 15.8 Å². The summed E-state index contributed by atoms with van der Waals surface area (Å²) in [6.45, 7) is 0. The standard InChI is InChI=1S/C14H9Cl2FN2O4/c1-23-13-9(4-7(15)5-10(13)16)14(20)18-12-6-8(19(21)22)2-3-11(12)17/h2-6H,1H3,(H,18,20). The number of non-ortho nitro benzene ring substituents is 1. The van der Waals surface area contributed by atoms with Crippen molar-refractivity contribution >= 4 is 40.5 Å². The van der Waals surface area contributed by atoms with Gasteiger partial charge in [0.25, 0.3) is 11.6 Å². The van der Waals surface area contributed by atoms with Crippen molar-refractivity contribution in [1.82, 2.24) is 0 Å². The number of hydrogen-bond acceptors (Lipinski definition) is 4. The number of nitro groups is 1. The van der Waals surface area contributed by atoms with E-state index in [2.05, 4.69) is 5.32 Å². The molecule has 120 valence electrons. The van der Waals surface area contributed by atoms with Gasteiger partial charge in [-0.15, -0.1) is 0 Å². The molecular weight excluding hydrogens is 350 g/mol. The Hall–Kier alpha value is -2.38. The molecule has 1 N–H and O–H groups in total. The Labute approximate surface area is 139 Å². The van der Waals surface area contributed by atoms with Crippen LogP contribution < -0.4 is 10.1 Å². The Balaban J connectivity index is 2.40. The van der Waals surface area contributed by atoms with E-state index in [1.165, 1.54) is 19.2 Å². The lowest BCUT2D eigenvalue weighted by atomic mass is 10.1. The highest BCUT2D eigenvalue weighted by Crippen LogP contribution is 2.33. The van der Waals surface area contributed by atoms with Crippen LogP contribution in [0.25, 0.3) is 0 Å². The summed E-state index contributed by atoms with van der Waals surface area (Å²) in [7, 11) is 1.31. The van der Waals surface area contributed by atoms with Crippen molar-refractivity contribution in [1.29, 1.82) is 0 Å². The fraction of sp³-hybridized carbons (Fsp3) is 0.0714. The number of carbonyl (C=O) groups is 1. The molecule has 2 aromatic carbocycles. The summed E-state index contributed by atoms with van der Waals surface area (Å²) < 4.78 is 18.8. The highest BCUT2D eigenvalue weighted by Gasteiger charge is 2.19. The normalized spacial score (nSPS) is 10.3. The first-order chi connectivity index (χ1) is 10.8. The van der Waals surface area contributed by atoms with Gasteiger partial charge in [0.2, 0.25) is 0 Å². The zero-order valence-electron chi connectivity index (χ0n) is 11.6. The lowest BCUT2D eigenvalue weighted by molar-refractivity contribution is -0.384. The molecule has 9 heteroatoms. The average Bonchev–Trinajstić information content (AvgIpc) is 2.48. The van der Waals surface area contributed by atoms with Gasteiger partial charge in [-0.2, -0.15) is 0 Å². The fourth-order valence-corrected chi connectivity index (χ4v) is 2.42. The second kappa shape index (κ2) is 6.80. The summed E-state index contributed by atoms with van der Waals surface area (Å²) >= 11 is 11.8. The molecule has 2 rings (SSSR count). The minimum Gasteiger partial charge on any atom is -0.494 e. The summed E-state index contributed by atoms with van der Waals surface area (Å²) in [5.74, 6) is -1.54. The van der Waals surface area contributed by atoms with Gasteiger partial charge in [-0.1, -0.05) is 23.2 Å². The van der Waals surface area contributed by atoms with E-state index < -0.39 is 16.6 Å². The van der Waals surface area contributed by atoms with Gasteiger partial charge in [-0.25, -0.2) is 4.39 Å². The predicted octanol–water partition coefficient (Wildman–Crippen LogP) is 4.30. The van der Waals surface area contributed by atoms with Crippen LogP contribution in [0.5, 0.6) is 5.75 Å². The molecule has 6 nitrogen and oxygen atoms in total. The zero-order valence-corrected chi connectivity index (χ0v) is 13.1. The lowest BCUT2D eigenvalue weighted by Gasteiger charge is -2.11. The number of halogens is 3. The van der Waals surface area contributed by atoms with Crippen molar-refractivity contribution in [2.75, 3.05) is 12.4 Å². The Morgan fingerprint density at radius 1 is 1.30 bits per heavy atom. The molecule has 1 amide bonds. The van der Waals surface area contributed by atoms with Crippen molar-refractivity contribution in [3.05, 3.63) is 61.9 Å². The van der Waals surface area contributed by atoms with Crippen LogP contribution in [0.15, 0.2) is 30.3 Å². The number of amides is 1. The van der Waals surface area contributed by atoms with Crippen LogP contribution in [0.3, 0.4) is 0 Å². The third kappa shape index (κ3) is 3.69. The number of rotatable bonds is 4. The summed E-state index contributed by atoms with van der Waals surface area (Å²) in [5.41, 5.74) is -0.740. The smallest absolute Gasteiger partial charge is 0.271 e. The maximum absolute atomic E-state index is 13.7. The van der Waals surface area contributed by atoms with Crippen LogP contribution in [-0.4, -0.2) is 17.9 Å². The highest BCUT2D eigenvalue weighted by atomic mass is 35.5. The molecule has 2 aromatic rings. The minimum absolute atomic E-state index is 0.0316. The summed E-state index contributed by atoms with van der Waals surface area (Å²) in [5, 5.41) is 13.2. The first-order valence-corrected chi connectivity index (χ1v) is 6.87. The molecule has 0 aliphatic heterocycles. The van der Waals surface area contributed by atoms with Crippen LogP contribution in [0.2, 0.25) is 10.0 Å². The van der Waals surface area contributed by atoms with Gasteiger partial charge in [0, 0.05) is 17.2 Å². The van der Waals surface area contributed by atoms with Crippen LogP contribution in [-0.2, 0) is 0 Å². The maximum atomic E-state index is 13.7. The van der Waals surface area contributed by atoms with Gasteiger partial charge < -0.3 is 10.1 Å². The summed E-state index contributed by atoms with van der Waals surface area (Å²) in [6.07, 6.45) is 0. The average molecular weight is 359 g/mol. The van der Waals surface area contributed by atoms with Crippen molar-refractivity contribution in [3.8, 4) is 5.75 Å². The maximum Gasteiger partial charge on any atom is 0.271 e. The van der Waals surface area contributed by atoms with Crippen molar-refractivity contribution in [2.45, 2.75) is 0 Å². The van der Waals surface area contributed by atoms with E-state index in [0.29, 0.717) is 0 Å². The molecule has 0 unspecified atom stereocenters. The van der Waals surface area contributed by atoms with Crippen LogP contribution >= 0.6 is 23.2 Å². The second-order valence-corrected chi connectivity index (χ2v) is 5.19. The molecule has 0 heterocycles. The molecule has 0 radical (unpaired) electrons. The number of nitro benzene ring substituents is 1. The molecule has 0 aliphatic carbocycles. The van der Waals surface area contributed by atoms with Crippen LogP contribution in [0.1, 0.15) is 10.4 Å². The molecule has 0 fully saturated rings. The van der Waals surface area contributed by atoms with E-state index in [1.54, 1.807) is 0 Å². The number of benzene rings is 2. The molecule has 23 heavy (non-hydrogen) atoms. The third-order valence-electron chi connectivity index (χ3n) is 2.87. The Morgan fingerprint density at radius 3 is 2.61 bits per heavy atom. The molecule has 0 saturated carbocycles. The molecule has 0 spiro atoms.